The molecule has 4 nitrogen and oxygen atoms in total. The van der Waals surface area contributed by atoms with Crippen molar-refractivity contribution < 1.29 is 4.74 Å². The zero-order chi connectivity index (χ0) is 13.5. The van der Waals surface area contributed by atoms with Crippen LogP contribution in [0.1, 0.15) is 45.6 Å². The molecule has 1 aromatic heterocycles. The summed E-state index contributed by atoms with van der Waals surface area (Å²) in [6.07, 6.45) is 9.06. The van der Waals surface area contributed by atoms with Crippen molar-refractivity contribution in [3.63, 3.8) is 0 Å². The van der Waals surface area contributed by atoms with Gasteiger partial charge in [0.25, 0.3) is 0 Å². The molecule has 1 N–H and O–H groups in total. The third-order valence-electron chi connectivity index (χ3n) is 3.70. The molecule has 1 aliphatic rings. The van der Waals surface area contributed by atoms with Gasteiger partial charge in [-0.3, -0.25) is 4.68 Å². The zero-order valence-electron chi connectivity index (χ0n) is 12.2. The lowest BCUT2D eigenvalue weighted by Crippen LogP contribution is -2.41. The predicted molar refractivity (Wildman–Crippen MR) is 77.2 cm³/mol. The molecule has 1 heterocycles. The van der Waals surface area contributed by atoms with Crippen molar-refractivity contribution >= 4 is 0 Å². The van der Waals surface area contributed by atoms with Crippen molar-refractivity contribution in [2.45, 2.75) is 51.6 Å². The summed E-state index contributed by atoms with van der Waals surface area (Å²) in [5.41, 5.74) is 0. The summed E-state index contributed by atoms with van der Waals surface area (Å²) in [5, 5.41) is 8.05. The second-order valence-electron chi connectivity index (χ2n) is 5.87. The van der Waals surface area contributed by atoms with E-state index in [0.717, 1.165) is 19.8 Å². The van der Waals surface area contributed by atoms with E-state index in [9.17, 15) is 0 Å². The lowest BCUT2D eigenvalue weighted by Gasteiger charge is -2.32. The molecule has 0 amide bonds. The summed E-state index contributed by atoms with van der Waals surface area (Å²) in [6.45, 7) is 6.97. The fourth-order valence-corrected chi connectivity index (χ4v) is 2.78. The Morgan fingerprint density at radius 3 is 2.95 bits per heavy atom. The fourth-order valence-electron chi connectivity index (χ4n) is 2.78. The molecule has 2 rings (SSSR count). The van der Waals surface area contributed by atoms with Gasteiger partial charge in [0.1, 0.15) is 0 Å². The Bertz CT molecular complexity index is 337. The highest BCUT2D eigenvalue weighted by Gasteiger charge is 2.26. The minimum Gasteiger partial charge on any atom is -0.380 e. The Morgan fingerprint density at radius 2 is 2.21 bits per heavy atom. The van der Waals surface area contributed by atoms with Gasteiger partial charge < -0.3 is 10.1 Å². The summed E-state index contributed by atoms with van der Waals surface area (Å²) in [7, 11) is 0. The molecule has 1 saturated carbocycles. The Labute approximate surface area is 116 Å². The zero-order valence-corrected chi connectivity index (χ0v) is 12.2. The molecular formula is C15H27N3O. The van der Waals surface area contributed by atoms with Gasteiger partial charge in [-0.1, -0.05) is 26.7 Å². The van der Waals surface area contributed by atoms with Crippen molar-refractivity contribution in [1.82, 2.24) is 15.1 Å². The molecular weight excluding hydrogens is 238 g/mol. The molecule has 0 unspecified atom stereocenters. The molecule has 1 aliphatic carbocycles. The largest absolute Gasteiger partial charge is 0.380 e. The van der Waals surface area contributed by atoms with Crippen LogP contribution >= 0.6 is 0 Å². The quantitative estimate of drug-likeness (QED) is 0.770. The number of nitrogens with zero attached hydrogens (tertiary/aromatic N) is 2. The molecule has 19 heavy (non-hydrogen) atoms. The van der Waals surface area contributed by atoms with Crippen LogP contribution in [0.5, 0.6) is 0 Å². The normalized spacial score (nSPS) is 23.9. The Kier molecular flexibility index (Phi) is 5.86. The number of ether oxygens (including phenoxy) is 1. The van der Waals surface area contributed by atoms with Gasteiger partial charge in [0.2, 0.25) is 0 Å². The van der Waals surface area contributed by atoms with Gasteiger partial charge >= 0.3 is 0 Å². The van der Waals surface area contributed by atoms with E-state index in [1.807, 2.05) is 12.3 Å². The van der Waals surface area contributed by atoms with Crippen molar-refractivity contribution in [3.05, 3.63) is 18.5 Å². The standard InChI is InChI=1S/C15H27N3O/c1-13(2)12-19-11-9-16-14-6-3-4-7-15(14)18-10-5-8-17-18/h5,8,10,13-16H,3-4,6-7,9,11-12H2,1-2H3/t14-,15+/m1/s1. The first-order valence-electron chi connectivity index (χ1n) is 7.57. The van der Waals surface area contributed by atoms with Crippen LogP contribution in [0, 0.1) is 5.92 Å². The first-order chi connectivity index (χ1) is 9.27. The van der Waals surface area contributed by atoms with Gasteiger partial charge in [0, 0.05) is 31.6 Å². The SMILES string of the molecule is CC(C)COCCN[C@@H]1CCCC[C@@H]1n1cccn1. The molecule has 0 radical (unpaired) electrons. The molecule has 0 aromatic carbocycles. The van der Waals surface area contributed by atoms with Crippen molar-refractivity contribution in [3.8, 4) is 0 Å². The fraction of sp³-hybridized carbons (Fsp3) is 0.800. The highest BCUT2D eigenvalue weighted by Crippen LogP contribution is 2.27. The van der Waals surface area contributed by atoms with E-state index in [2.05, 4.69) is 35.1 Å². The maximum atomic E-state index is 5.63. The smallest absolute Gasteiger partial charge is 0.0672 e. The predicted octanol–water partition coefficient (Wildman–Crippen LogP) is 2.63. The highest BCUT2D eigenvalue weighted by atomic mass is 16.5. The average molecular weight is 265 g/mol. The molecule has 2 atom stereocenters. The van der Waals surface area contributed by atoms with Crippen LogP contribution in [0.2, 0.25) is 0 Å². The number of hydrogen-bond donors (Lipinski definition) is 1. The number of rotatable bonds is 7. The first kappa shape index (κ1) is 14.5. The molecule has 0 saturated heterocycles. The number of aromatic nitrogens is 2. The molecule has 4 heteroatoms. The lowest BCUT2D eigenvalue weighted by atomic mass is 9.90. The van der Waals surface area contributed by atoms with Crippen LogP contribution in [0.15, 0.2) is 18.5 Å². The Morgan fingerprint density at radius 1 is 1.37 bits per heavy atom. The van der Waals surface area contributed by atoms with E-state index >= 15 is 0 Å². The second-order valence-corrected chi connectivity index (χ2v) is 5.87. The molecule has 0 spiro atoms. The molecule has 1 aromatic rings. The Balaban J connectivity index is 1.74. The van der Waals surface area contributed by atoms with Crippen molar-refractivity contribution in [2.75, 3.05) is 19.8 Å². The maximum Gasteiger partial charge on any atom is 0.0672 e. The van der Waals surface area contributed by atoms with E-state index in [1.165, 1.54) is 25.7 Å². The van der Waals surface area contributed by atoms with Crippen LogP contribution in [0.25, 0.3) is 0 Å². The summed E-state index contributed by atoms with van der Waals surface area (Å²) in [5.74, 6) is 0.617. The topological polar surface area (TPSA) is 39.1 Å². The van der Waals surface area contributed by atoms with Crippen LogP contribution in [-0.2, 0) is 4.74 Å². The number of nitrogens with one attached hydrogen (secondary N) is 1. The van der Waals surface area contributed by atoms with Crippen molar-refractivity contribution in [1.29, 1.82) is 0 Å². The molecule has 108 valence electrons. The van der Waals surface area contributed by atoms with Crippen molar-refractivity contribution in [2.24, 2.45) is 5.92 Å². The van der Waals surface area contributed by atoms with Crippen LogP contribution in [-0.4, -0.2) is 35.6 Å². The van der Waals surface area contributed by atoms with Crippen LogP contribution < -0.4 is 5.32 Å². The third-order valence-corrected chi connectivity index (χ3v) is 3.70. The lowest BCUT2D eigenvalue weighted by molar-refractivity contribution is 0.106. The van der Waals surface area contributed by atoms with E-state index in [0.29, 0.717) is 18.0 Å². The minimum atomic E-state index is 0.508. The third kappa shape index (κ3) is 4.62. The van der Waals surface area contributed by atoms with Gasteiger partial charge in [-0.2, -0.15) is 5.10 Å². The summed E-state index contributed by atoms with van der Waals surface area (Å²) in [6, 6.07) is 3.06. The van der Waals surface area contributed by atoms with E-state index in [-0.39, 0.29) is 0 Å². The van der Waals surface area contributed by atoms with Gasteiger partial charge in [-0.05, 0) is 24.8 Å². The number of hydrogen-bond acceptors (Lipinski definition) is 3. The van der Waals surface area contributed by atoms with Gasteiger partial charge in [0.05, 0.1) is 12.6 Å². The summed E-state index contributed by atoms with van der Waals surface area (Å²) >= 11 is 0. The molecule has 0 bridgehead atoms. The second kappa shape index (κ2) is 7.65. The molecule has 1 fully saturated rings. The van der Waals surface area contributed by atoms with Gasteiger partial charge in [-0.25, -0.2) is 0 Å². The Hall–Kier alpha value is -0.870. The highest BCUT2D eigenvalue weighted by molar-refractivity contribution is 4.89. The van der Waals surface area contributed by atoms with Gasteiger partial charge in [-0.15, -0.1) is 0 Å². The van der Waals surface area contributed by atoms with Crippen LogP contribution in [0.3, 0.4) is 0 Å². The monoisotopic (exact) mass is 265 g/mol. The van der Waals surface area contributed by atoms with Crippen LogP contribution in [0.4, 0.5) is 0 Å². The van der Waals surface area contributed by atoms with E-state index in [4.69, 9.17) is 4.74 Å². The summed E-state index contributed by atoms with van der Waals surface area (Å²) < 4.78 is 7.74. The van der Waals surface area contributed by atoms with Gasteiger partial charge in [0.15, 0.2) is 0 Å². The average Bonchev–Trinajstić information content (AvgIpc) is 2.92. The first-order valence-corrected chi connectivity index (χ1v) is 7.57. The minimum absolute atomic E-state index is 0.508. The molecule has 0 aliphatic heterocycles. The van der Waals surface area contributed by atoms with E-state index < -0.39 is 0 Å². The summed E-state index contributed by atoms with van der Waals surface area (Å²) in [4.78, 5) is 0. The maximum absolute atomic E-state index is 5.63. The van der Waals surface area contributed by atoms with E-state index in [1.54, 1.807) is 0 Å².